The predicted molar refractivity (Wildman–Crippen MR) is 91.2 cm³/mol. The van der Waals surface area contributed by atoms with E-state index in [9.17, 15) is 0 Å². The molecule has 4 heterocycles. The molecule has 0 radical (unpaired) electrons. The molecular formula is C18H18N4O4. The van der Waals surface area contributed by atoms with E-state index in [2.05, 4.69) is 15.6 Å². The Hall–Kier alpha value is -3.00. The first-order valence-electron chi connectivity index (χ1n) is 8.61. The second-order valence-corrected chi connectivity index (χ2v) is 6.19. The highest BCUT2D eigenvalue weighted by molar-refractivity contribution is 5.63. The average Bonchev–Trinajstić information content (AvgIpc) is 3.33. The molecule has 134 valence electrons. The molecule has 0 amide bonds. The van der Waals surface area contributed by atoms with E-state index in [1.165, 1.54) is 0 Å². The second kappa shape index (κ2) is 6.38. The van der Waals surface area contributed by atoms with Crippen LogP contribution in [0.5, 0.6) is 17.2 Å². The summed E-state index contributed by atoms with van der Waals surface area (Å²) in [5, 5.41) is 11.8. The van der Waals surface area contributed by atoms with E-state index in [0.717, 1.165) is 53.8 Å². The van der Waals surface area contributed by atoms with Crippen molar-refractivity contribution in [2.24, 2.45) is 0 Å². The number of fused-ring (bicyclic) bond motifs is 2. The van der Waals surface area contributed by atoms with Gasteiger partial charge in [0, 0.05) is 24.7 Å². The number of nitrogens with zero attached hydrogens (tertiary/aromatic N) is 3. The third-order valence-electron chi connectivity index (χ3n) is 4.46. The first kappa shape index (κ1) is 15.3. The van der Waals surface area contributed by atoms with E-state index in [1.54, 1.807) is 6.20 Å². The van der Waals surface area contributed by atoms with Gasteiger partial charge < -0.3 is 24.1 Å². The van der Waals surface area contributed by atoms with Crippen LogP contribution in [0, 0.1) is 0 Å². The highest BCUT2D eigenvalue weighted by Gasteiger charge is 2.17. The van der Waals surface area contributed by atoms with Gasteiger partial charge in [-0.15, -0.1) is 0 Å². The van der Waals surface area contributed by atoms with E-state index >= 15 is 0 Å². The Labute approximate surface area is 149 Å². The number of ether oxygens (including phenoxy) is 3. The molecule has 0 aliphatic carbocycles. The van der Waals surface area contributed by atoms with Crippen molar-refractivity contribution in [1.29, 1.82) is 0 Å². The van der Waals surface area contributed by atoms with Crippen molar-refractivity contribution in [3.63, 3.8) is 0 Å². The van der Waals surface area contributed by atoms with Crippen LogP contribution in [0.25, 0.3) is 11.3 Å². The number of aromatic nitrogens is 3. The molecule has 1 N–H and O–H groups in total. The summed E-state index contributed by atoms with van der Waals surface area (Å²) in [6.45, 7) is 4.00. The Morgan fingerprint density at radius 2 is 2.08 bits per heavy atom. The van der Waals surface area contributed by atoms with Crippen LogP contribution in [-0.2, 0) is 19.7 Å². The molecular weight excluding hydrogens is 336 g/mol. The summed E-state index contributed by atoms with van der Waals surface area (Å²) in [5.41, 5.74) is 2.67. The molecule has 2 aliphatic heterocycles. The van der Waals surface area contributed by atoms with Crippen molar-refractivity contribution in [3.8, 4) is 28.6 Å². The molecule has 8 heteroatoms. The first-order valence-corrected chi connectivity index (χ1v) is 8.61. The molecule has 3 aromatic rings. The quantitative estimate of drug-likeness (QED) is 0.767. The number of benzene rings is 1. The number of hydrogen-bond donors (Lipinski definition) is 1. The van der Waals surface area contributed by atoms with Gasteiger partial charge in [-0.05, 0) is 18.2 Å². The summed E-state index contributed by atoms with van der Waals surface area (Å²) >= 11 is 0. The van der Waals surface area contributed by atoms with Gasteiger partial charge in [-0.1, -0.05) is 5.16 Å². The number of nitrogens with one attached hydrogen (secondary N) is 1. The van der Waals surface area contributed by atoms with E-state index < -0.39 is 0 Å². The van der Waals surface area contributed by atoms with Crippen LogP contribution in [0.3, 0.4) is 0 Å². The van der Waals surface area contributed by atoms with Gasteiger partial charge in [0.25, 0.3) is 0 Å². The van der Waals surface area contributed by atoms with Crippen LogP contribution in [0.1, 0.15) is 11.4 Å². The van der Waals surface area contributed by atoms with Crippen LogP contribution in [-0.4, -0.2) is 34.7 Å². The molecule has 0 saturated heterocycles. The molecule has 2 aliphatic rings. The van der Waals surface area contributed by atoms with Gasteiger partial charge in [-0.25, -0.2) is 0 Å². The van der Waals surface area contributed by atoms with Gasteiger partial charge in [0.15, 0.2) is 23.0 Å². The Bertz CT molecular complexity index is 933. The predicted octanol–water partition coefficient (Wildman–Crippen LogP) is 1.99. The van der Waals surface area contributed by atoms with Crippen molar-refractivity contribution in [1.82, 2.24) is 20.3 Å². The number of hydrogen-bond acceptors (Lipinski definition) is 7. The molecule has 0 bridgehead atoms. The summed E-state index contributed by atoms with van der Waals surface area (Å²) in [5.74, 6) is 2.92. The fourth-order valence-corrected chi connectivity index (χ4v) is 3.14. The first-order chi connectivity index (χ1) is 12.9. The molecule has 5 rings (SSSR count). The zero-order chi connectivity index (χ0) is 17.3. The van der Waals surface area contributed by atoms with E-state index in [1.807, 2.05) is 28.9 Å². The lowest BCUT2D eigenvalue weighted by Gasteiger charge is -2.18. The van der Waals surface area contributed by atoms with Crippen LogP contribution in [0.15, 0.2) is 35.0 Å². The largest absolute Gasteiger partial charge is 0.486 e. The fourth-order valence-electron chi connectivity index (χ4n) is 3.14. The minimum atomic E-state index is 0.326. The lowest BCUT2D eigenvalue weighted by atomic mass is 10.1. The van der Waals surface area contributed by atoms with Gasteiger partial charge in [0.05, 0.1) is 18.4 Å². The molecule has 1 aromatic carbocycles. The van der Waals surface area contributed by atoms with E-state index in [-0.39, 0.29) is 0 Å². The van der Waals surface area contributed by atoms with Crippen molar-refractivity contribution < 1.29 is 18.7 Å². The maximum absolute atomic E-state index is 5.88. The topological polar surface area (TPSA) is 83.6 Å². The summed E-state index contributed by atoms with van der Waals surface area (Å²) in [7, 11) is 0. The third-order valence-corrected chi connectivity index (χ3v) is 4.46. The highest BCUT2D eigenvalue weighted by Crippen LogP contribution is 2.34. The van der Waals surface area contributed by atoms with E-state index in [0.29, 0.717) is 25.6 Å². The SMILES string of the molecule is c1cc2c(cc1-c1cc(COc3cnn4c3CNCC4)no1)OCCO2. The third kappa shape index (κ3) is 2.78. The molecule has 0 saturated carbocycles. The number of rotatable bonds is 4. The maximum Gasteiger partial charge on any atom is 0.167 e. The van der Waals surface area contributed by atoms with Crippen molar-refractivity contribution in [3.05, 3.63) is 41.9 Å². The van der Waals surface area contributed by atoms with Crippen LogP contribution in [0.2, 0.25) is 0 Å². The highest BCUT2D eigenvalue weighted by atomic mass is 16.6. The Morgan fingerprint density at radius 3 is 3.04 bits per heavy atom. The van der Waals surface area contributed by atoms with Gasteiger partial charge in [-0.3, -0.25) is 4.68 Å². The zero-order valence-electron chi connectivity index (χ0n) is 14.1. The normalized spacial score (nSPS) is 15.5. The summed E-state index contributed by atoms with van der Waals surface area (Å²) < 4.78 is 24.5. The van der Waals surface area contributed by atoms with Gasteiger partial charge in [-0.2, -0.15) is 5.10 Å². The maximum atomic E-state index is 5.88. The van der Waals surface area contributed by atoms with Gasteiger partial charge in [0.2, 0.25) is 0 Å². The van der Waals surface area contributed by atoms with Gasteiger partial charge >= 0.3 is 0 Å². The monoisotopic (exact) mass is 354 g/mol. The minimum Gasteiger partial charge on any atom is -0.486 e. The molecule has 0 unspecified atom stereocenters. The summed E-state index contributed by atoms with van der Waals surface area (Å²) in [4.78, 5) is 0. The molecule has 0 fully saturated rings. The summed E-state index contributed by atoms with van der Waals surface area (Å²) in [6, 6.07) is 7.59. The Kier molecular flexibility index (Phi) is 3.75. The Balaban J connectivity index is 1.30. The zero-order valence-corrected chi connectivity index (χ0v) is 14.1. The van der Waals surface area contributed by atoms with Crippen molar-refractivity contribution in [2.45, 2.75) is 19.7 Å². The molecule has 0 spiro atoms. The second-order valence-electron chi connectivity index (χ2n) is 6.19. The van der Waals surface area contributed by atoms with Gasteiger partial charge in [0.1, 0.15) is 25.5 Å². The standard InChI is InChI=1S/C18H18N4O4/c1-2-15-17(24-6-5-23-15)7-12(1)16-8-13(21-26-16)11-25-18-10-20-22-4-3-19-9-14(18)22/h1-2,7-8,10,19H,3-6,9,11H2. The smallest absolute Gasteiger partial charge is 0.167 e. The van der Waals surface area contributed by atoms with Crippen LogP contribution in [0.4, 0.5) is 0 Å². The lowest BCUT2D eigenvalue weighted by molar-refractivity contribution is 0.171. The average molecular weight is 354 g/mol. The van der Waals surface area contributed by atoms with Crippen molar-refractivity contribution >= 4 is 0 Å². The van der Waals surface area contributed by atoms with E-state index in [4.69, 9.17) is 18.7 Å². The molecule has 8 nitrogen and oxygen atoms in total. The van der Waals surface area contributed by atoms with Crippen LogP contribution >= 0.6 is 0 Å². The lowest BCUT2D eigenvalue weighted by Crippen LogP contribution is -2.28. The summed E-state index contributed by atoms with van der Waals surface area (Å²) in [6.07, 6.45) is 1.75. The molecule has 0 atom stereocenters. The van der Waals surface area contributed by atoms with Crippen LogP contribution < -0.4 is 19.5 Å². The molecule has 26 heavy (non-hydrogen) atoms. The molecule has 2 aromatic heterocycles. The van der Waals surface area contributed by atoms with Crippen molar-refractivity contribution in [2.75, 3.05) is 19.8 Å². The fraction of sp³-hybridized carbons (Fsp3) is 0.333. The Morgan fingerprint density at radius 1 is 1.15 bits per heavy atom. The minimum absolute atomic E-state index is 0.326.